The first-order valence-corrected chi connectivity index (χ1v) is 16.7. The van der Waals surface area contributed by atoms with E-state index in [1.54, 1.807) is 43.3 Å². The van der Waals surface area contributed by atoms with Crippen molar-refractivity contribution in [1.82, 2.24) is 20.9 Å². The number of para-hydroxylation sites is 1. The highest BCUT2D eigenvalue weighted by Crippen LogP contribution is 2.38. The minimum atomic E-state index is -1.55. The fourth-order valence-corrected chi connectivity index (χ4v) is 6.49. The summed E-state index contributed by atoms with van der Waals surface area (Å²) in [5.41, 5.74) is 6.96. The van der Waals surface area contributed by atoms with Crippen molar-refractivity contribution in [1.29, 1.82) is 0 Å². The first-order valence-electron chi connectivity index (χ1n) is 15.9. The molecule has 1 aliphatic carbocycles. The Hall–Kier alpha value is -3.96. The number of phenolic OH excluding ortho intramolecular Hbond substituents is 1. The van der Waals surface area contributed by atoms with E-state index in [1.807, 2.05) is 20.8 Å². The van der Waals surface area contributed by atoms with Crippen molar-refractivity contribution in [2.75, 3.05) is 0 Å². The van der Waals surface area contributed by atoms with Crippen LogP contribution in [-0.2, 0) is 38.4 Å². The molecule has 0 fully saturated rings. The van der Waals surface area contributed by atoms with E-state index in [2.05, 4.69) is 20.9 Å². The van der Waals surface area contributed by atoms with Crippen LogP contribution >= 0.6 is 23.2 Å². The number of aromatic hydroxyl groups is 1. The molecule has 0 aliphatic heterocycles. The monoisotopic (exact) mass is 687 g/mol. The number of hydrogen-bond donors (Lipinski definition) is 6. The number of rotatable bonds is 13. The molecule has 4 rings (SSSR count). The maximum Gasteiger partial charge on any atom is 0.409 e. The first-order chi connectivity index (χ1) is 22.3. The minimum Gasteiger partial charge on any atom is -0.508 e. The molecule has 2 unspecified atom stereocenters. The smallest absolute Gasteiger partial charge is 0.409 e. The molecule has 2 aromatic carbocycles. The molecule has 5 atom stereocenters. The average molecular weight is 689 g/mol. The third kappa shape index (κ3) is 8.50. The van der Waals surface area contributed by atoms with Gasteiger partial charge in [0.15, 0.2) is 5.72 Å². The zero-order valence-electron chi connectivity index (χ0n) is 27.0. The molecule has 1 aliphatic rings. The second-order valence-corrected chi connectivity index (χ2v) is 13.3. The number of benzene rings is 2. The Kier molecular flexibility index (Phi) is 11.7. The highest BCUT2D eigenvalue weighted by molar-refractivity contribution is 6.38. The number of primary amides is 1. The van der Waals surface area contributed by atoms with E-state index in [9.17, 15) is 24.3 Å². The predicted octanol–water partition coefficient (Wildman–Crippen LogP) is 5.27. The normalized spacial score (nSPS) is 18.3. The summed E-state index contributed by atoms with van der Waals surface area (Å²) in [5.74, 6) is -2.04. The van der Waals surface area contributed by atoms with Crippen molar-refractivity contribution >= 4 is 57.9 Å². The number of nitrogens with one attached hydrogen (secondary N) is 4. The van der Waals surface area contributed by atoms with Gasteiger partial charge in [-0.3, -0.25) is 14.4 Å². The van der Waals surface area contributed by atoms with Crippen LogP contribution in [0.4, 0.5) is 4.79 Å². The van der Waals surface area contributed by atoms with Crippen LogP contribution in [0.2, 0.25) is 10.0 Å². The highest BCUT2D eigenvalue weighted by atomic mass is 35.5. The quantitative estimate of drug-likeness (QED) is 0.133. The van der Waals surface area contributed by atoms with Crippen LogP contribution in [0.5, 0.6) is 5.75 Å². The molecule has 0 radical (unpaired) electrons. The third-order valence-electron chi connectivity index (χ3n) is 9.12. The Labute approximate surface area is 284 Å². The van der Waals surface area contributed by atoms with Crippen LogP contribution < -0.4 is 21.7 Å². The molecule has 47 heavy (non-hydrogen) atoms. The van der Waals surface area contributed by atoms with Crippen molar-refractivity contribution in [3.05, 3.63) is 63.3 Å². The Morgan fingerprint density at radius 3 is 2.38 bits per heavy atom. The maximum absolute atomic E-state index is 14.1. The van der Waals surface area contributed by atoms with Gasteiger partial charge in [0.25, 0.3) is 0 Å². The van der Waals surface area contributed by atoms with Gasteiger partial charge < -0.3 is 36.5 Å². The summed E-state index contributed by atoms with van der Waals surface area (Å²) >= 11 is 12.8. The molecule has 254 valence electrons. The lowest BCUT2D eigenvalue weighted by atomic mass is 9.87. The van der Waals surface area contributed by atoms with E-state index in [0.717, 1.165) is 16.6 Å². The second-order valence-electron chi connectivity index (χ2n) is 12.4. The van der Waals surface area contributed by atoms with E-state index >= 15 is 0 Å². The number of hydrogen-bond acceptors (Lipinski definition) is 6. The number of ether oxygens (including phenoxy) is 1. The Balaban J connectivity index is 1.62. The van der Waals surface area contributed by atoms with Gasteiger partial charge in [0, 0.05) is 35.4 Å². The molecule has 3 aromatic rings. The van der Waals surface area contributed by atoms with Gasteiger partial charge in [0.2, 0.25) is 17.7 Å². The molecule has 7 N–H and O–H groups in total. The van der Waals surface area contributed by atoms with E-state index in [0.29, 0.717) is 40.4 Å². The SMILES string of the molecule is CCC(C)[C@H](NC(=O)CCc1ccccc1O)C(=O)N[C@]1(OC(=O)NC(C(N)=O)[C@@H](C)CC)CCc2[nH]c3c(Cl)cc(Cl)cc3c2C1. The highest BCUT2D eigenvalue weighted by Gasteiger charge is 2.44. The van der Waals surface area contributed by atoms with E-state index in [1.165, 1.54) is 0 Å². The van der Waals surface area contributed by atoms with E-state index in [4.69, 9.17) is 33.7 Å². The van der Waals surface area contributed by atoms with Crippen LogP contribution in [0.1, 0.15) is 70.2 Å². The van der Waals surface area contributed by atoms with E-state index < -0.39 is 35.7 Å². The number of aromatic amines is 1. The van der Waals surface area contributed by atoms with Gasteiger partial charge in [-0.1, -0.05) is 81.9 Å². The fraction of sp³-hybridized carbons (Fsp3) is 0.471. The number of aryl methyl sites for hydroxylation is 2. The zero-order valence-corrected chi connectivity index (χ0v) is 28.6. The predicted molar refractivity (Wildman–Crippen MR) is 181 cm³/mol. The summed E-state index contributed by atoms with van der Waals surface area (Å²) in [6, 6.07) is 8.22. The number of halogens is 2. The topological polar surface area (TPSA) is 176 Å². The summed E-state index contributed by atoms with van der Waals surface area (Å²) in [7, 11) is 0. The van der Waals surface area contributed by atoms with Gasteiger partial charge in [-0.25, -0.2) is 4.79 Å². The van der Waals surface area contributed by atoms with E-state index in [-0.39, 0.29) is 49.2 Å². The second kappa shape index (κ2) is 15.3. The largest absolute Gasteiger partial charge is 0.508 e. The summed E-state index contributed by atoms with van der Waals surface area (Å²) in [6.07, 6.45) is 1.21. The van der Waals surface area contributed by atoms with Gasteiger partial charge >= 0.3 is 6.09 Å². The Morgan fingerprint density at radius 1 is 1.04 bits per heavy atom. The molecule has 1 heterocycles. The summed E-state index contributed by atoms with van der Waals surface area (Å²) in [4.78, 5) is 56.1. The minimum absolute atomic E-state index is 0.0478. The number of H-pyrrole nitrogens is 1. The van der Waals surface area contributed by atoms with Gasteiger partial charge in [-0.15, -0.1) is 0 Å². The number of carbonyl (C=O) groups is 4. The lowest BCUT2D eigenvalue weighted by Gasteiger charge is -2.39. The molecular weight excluding hydrogens is 645 g/mol. The van der Waals surface area contributed by atoms with Crippen LogP contribution in [0.15, 0.2) is 36.4 Å². The third-order valence-corrected chi connectivity index (χ3v) is 9.63. The van der Waals surface area contributed by atoms with Crippen LogP contribution in [-0.4, -0.2) is 51.7 Å². The summed E-state index contributed by atoms with van der Waals surface area (Å²) in [6.45, 7) is 7.42. The van der Waals surface area contributed by atoms with Crippen molar-refractivity contribution in [3.8, 4) is 5.75 Å². The van der Waals surface area contributed by atoms with Crippen molar-refractivity contribution < 1.29 is 29.0 Å². The Morgan fingerprint density at radius 2 is 1.72 bits per heavy atom. The number of aromatic nitrogens is 1. The standard InChI is InChI=1S/C34H43Cl2N5O6/c1-5-18(3)28(31(37)44)40-33(46)47-34(14-13-25-23(17-34)22-15-21(35)16-24(36)30(22)38-25)41-32(45)29(19(4)6-2)39-27(43)12-11-20-9-7-8-10-26(20)42/h7-10,15-16,18-19,28-29,38,42H,5-6,11-14,17H2,1-4H3,(H2,37,44)(H,39,43)(H,40,46)(H,41,45)/t18-,19?,28?,29-,34-/m0/s1. The Bertz CT molecular complexity index is 1640. The van der Waals surface area contributed by atoms with Crippen LogP contribution in [0.25, 0.3) is 10.9 Å². The van der Waals surface area contributed by atoms with Gasteiger partial charge in [-0.05, 0) is 54.0 Å². The van der Waals surface area contributed by atoms with Gasteiger partial charge in [-0.2, -0.15) is 0 Å². The molecular formula is C34H43Cl2N5O6. The average Bonchev–Trinajstić information content (AvgIpc) is 3.38. The van der Waals surface area contributed by atoms with Crippen molar-refractivity contribution in [3.63, 3.8) is 0 Å². The fourth-order valence-electron chi connectivity index (χ4n) is 5.95. The number of carbonyl (C=O) groups excluding carboxylic acids is 4. The number of fused-ring (bicyclic) bond motifs is 3. The molecule has 0 bridgehead atoms. The number of alkyl carbamates (subject to hydrolysis) is 1. The van der Waals surface area contributed by atoms with Gasteiger partial charge in [0.05, 0.1) is 10.5 Å². The molecule has 0 saturated carbocycles. The van der Waals surface area contributed by atoms with Crippen LogP contribution in [0.3, 0.4) is 0 Å². The van der Waals surface area contributed by atoms with Crippen LogP contribution in [0, 0.1) is 11.8 Å². The maximum atomic E-state index is 14.1. The lowest BCUT2D eigenvalue weighted by Crippen LogP contribution is -2.62. The molecule has 0 saturated heterocycles. The zero-order chi connectivity index (χ0) is 34.5. The molecule has 11 nitrogen and oxygen atoms in total. The van der Waals surface area contributed by atoms with Gasteiger partial charge in [0.1, 0.15) is 17.8 Å². The first kappa shape index (κ1) is 35.9. The number of amides is 4. The van der Waals surface area contributed by atoms with Crippen molar-refractivity contribution in [2.24, 2.45) is 17.6 Å². The summed E-state index contributed by atoms with van der Waals surface area (Å²) < 4.78 is 6.04. The lowest BCUT2D eigenvalue weighted by molar-refractivity contribution is -0.137. The molecule has 13 heteroatoms. The number of phenols is 1. The summed E-state index contributed by atoms with van der Waals surface area (Å²) in [5, 5.41) is 20.1. The van der Waals surface area contributed by atoms with Crippen molar-refractivity contribution in [2.45, 2.75) is 90.4 Å². The molecule has 1 aromatic heterocycles. The molecule has 4 amide bonds. The molecule has 0 spiro atoms. The number of nitrogens with two attached hydrogens (primary N) is 1.